The molecule has 0 aliphatic carbocycles. The third kappa shape index (κ3) is 3.42. The first kappa shape index (κ1) is 12.3. The third-order valence-corrected chi connectivity index (χ3v) is 3.90. The van der Waals surface area contributed by atoms with Gasteiger partial charge in [0.2, 0.25) is 0 Å². The van der Waals surface area contributed by atoms with E-state index in [1.807, 2.05) is 0 Å². The van der Waals surface area contributed by atoms with Gasteiger partial charge in [-0.25, -0.2) is 0 Å². The van der Waals surface area contributed by atoms with E-state index in [0.29, 0.717) is 6.04 Å². The van der Waals surface area contributed by atoms with E-state index in [-0.39, 0.29) is 6.61 Å². The standard InChI is InChI=1S/C12H25N3O/c16-10-7-14-11-3-8-15(9-4-11)12-1-5-13-6-2-12/h11-14,16H,1-10H2. The first-order valence-corrected chi connectivity index (χ1v) is 6.69. The maximum absolute atomic E-state index is 8.77. The molecule has 0 aromatic rings. The van der Waals surface area contributed by atoms with Gasteiger partial charge in [0.1, 0.15) is 0 Å². The number of piperidine rings is 2. The summed E-state index contributed by atoms with van der Waals surface area (Å²) < 4.78 is 0. The summed E-state index contributed by atoms with van der Waals surface area (Å²) in [6, 6.07) is 1.45. The van der Waals surface area contributed by atoms with E-state index in [1.54, 1.807) is 0 Å². The van der Waals surface area contributed by atoms with Crippen LogP contribution in [0, 0.1) is 0 Å². The SMILES string of the molecule is OCCNC1CCN(C2CCNCC2)CC1. The molecule has 0 aromatic heterocycles. The maximum atomic E-state index is 8.77. The molecule has 0 amide bonds. The molecular formula is C12H25N3O. The zero-order valence-electron chi connectivity index (χ0n) is 10.1. The van der Waals surface area contributed by atoms with Crippen LogP contribution >= 0.6 is 0 Å². The quantitative estimate of drug-likeness (QED) is 0.622. The van der Waals surface area contributed by atoms with Crippen molar-refractivity contribution in [3.05, 3.63) is 0 Å². The fourth-order valence-electron chi connectivity index (χ4n) is 2.91. The Hall–Kier alpha value is -0.160. The predicted octanol–water partition coefficient (Wildman–Crippen LogP) is -0.215. The highest BCUT2D eigenvalue weighted by molar-refractivity contribution is 4.84. The molecule has 2 aliphatic heterocycles. The van der Waals surface area contributed by atoms with E-state index in [9.17, 15) is 0 Å². The number of nitrogens with zero attached hydrogens (tertiary/aromatic N) is 1. The van der Waals surface area contributed by atoms with Crippen LogP contribution in [0.25, 0.3) is 0 Å². The molecule has 16 heavy (non-hydrogen) atoms. The molecule has 3 N–H and O–H groups in total. The van der Waals surface area contributed by atoms with E-state index >= 15 is 0 Å². The number of hydrogen-bond acceptors (Lipinski definition) is 4. The Labute approximate surface area is 98.4 Å². The van der Waals surface area contributed by atoms with Gasteiger partial charge in [0.05, 0.1) is 6.61 Å². The Kier molecular flexibility index (Phi) is 5.03. The van der Waals surface area contributed by atoms with Crippen molar-refractivity contribution < 1.29 is 5.11 Å². The first-order chi connectivity index (χ1) is 7.90. The Morgan fingerprint density at radius 1 is 1.12 bits per heavy atom. The molecule has 0 radical (unpaired) electrons. The zero-order valence-corrected chi connectivity index (χ0v) is 10.1. The van der Waals surface area contributed by atoms with Crippen molar-refractivity contribution in [3.63, 3.8) is 0 Å². The molecule has 94 valence electrons. The Morgan fingerprint density at radius 2 is 1.81 bits per heavy atom. The van der Waals surface area contributed by atoms with Gasteiger partial charge in [0.25, 0.3) is 0 Å². The van der Waals surface area contributed by atoms with Gasteiger partial charge in [-0.2, -0.15) is 0 Å². The van der Waals surface area contributed by atoms with Crippen LogP contribution in [0.1, 0.15) is 25.7 Å². The summed E-state index contributed by atoms with van der Waals surface area (Å²) in [6.07, 6.45) is 5.11. The summed E-state index contributed by atoms with van der Waals surface area (Å²) in [6.45, 7) is 5.84. The molecule has 2 aliphatic rings. The van der Waals surface area contributed by atoms with Crippen LogP contribution in [0.2, 0.25) is 0 Å². The van der Waals surface area contributed by atoms with Crippen LogP contribution in [0.15, 0.2) is 0 Å². The van der Waals surface area contributed by atoms with Gasteiger partial charge in [0, 0.05) is 18.6 Å². The fraction of sp³-hybridized carbons (Fsp3) is 1.00. The number of nitrogens with one attached hydrogen (secondary N) is 2. The van der Waals surface area contributed by atoms with Crippen LogP contribution in [0.4, 0.5) is 0 Å². The minimum absolute atomic E-state index is 0.258. The summed E-state index contributed by atoms with van der Waals surface area (Å²) in [5.41, 5.74) is 0. The Bertz CT molecular complexity index is 187. The van der Waals surface area contributed by atoms with Crippen LogP contribution in [0.3, 0.4) is 0 Å². The summed E-state index contributed by atoms with van der Waals surface area (Å²) in [5.74, 6) is 0. The average molecular weight is 227 g/mol. The van der Waals surface area contributed by atoms with Crippen LogP contribution in [-0.4, -0.2) is 61.4 Å². The lowest BCUT2D eigenvalue weighted by Crippen LogP contribution is -2.49. The van der Waals surface area contributed by atoms with Crippen molar-refractivity contribution in [1.82, 2.24) is 15.5 Å². The molecular weight excluding hydrogens is 202 g/mol. The van der Waals surface area contributed by atoms with Gasteiger partial charge in [-0.1, -0.05) is 0 Å². The molecule has 0 aromatic carbocycles. The lowest BCUT2D eigenvalue weighted by molar-refractivity contribution is 0.118. The fourth-order valence-corrected chi connectivity index (χ4v) is 2.91. The molecule has 0 atom stereocenters. The largest absolute Gasteiger partial charge is 0.395 e. The van der Waals surface area contributed by atoms with Gasteiger partial charge < -0.3 is 20.6 Å². The van der Waals surface area contributed by atoms with E-state index in [0.717, 1.165) is 12.6 Å². The highest BCUT2D eigenvalue weighted by Crippen LogP contribution is 2.18. The minimum atomic E-state index is 0.258. The number of aliphatic hydroxyl groups is 1. The second-order valence-corrected chi connectivity index (χ2v) is 4.97. The van der Waals surface area contributed by atoms with Gasteiger partial charge >= 0.3 is 0 Å². The predicted molar refractivity (Wildman–Crippen MR) is 65.6 cm³/mol. The second kappa shape index (κ2) is 6.55. The molecule has 2 rings (SSSR count). The normalized spacial score (nSPS) is 26.1. The second-order valence-electron chi connectivity index (χ2n) is 4.97. The van der Waals surface area contributed by atoms with E-state index < -0.39 is 0 Å². The van der Waals surface area contributed by atoms with Crippen molar-refractivity contribution in [2.24, 2.45) is 0 Å². The summed E-state index contributed by atoms with van der Waals surface area (Å²) >= 11 is 0. The summed E-state index contributed by atoms with van der Waals surface area (Å²) in [4.78, 5) is 2.66. The molecule has 2 saturated heterocycles. The zero-order chi connectivity index (χ0) is 11.2. The first-order valence-electron chi connectivity index (χ1n) is 6.69. The lowest BCUT2D eigenvalue weighted by Gasteiger charge is -2.39. The highest BCUT2D eigenvalue weighted by Gasteiger charge is 2.25. The van der Waals surface area contributed by atoms with Gasteiger partial charge in [-0.05, 0) is 51.9 Å². The van der Waals surface area contributed by atoms with Crippen molar-refractivity contribution in [1.29, 1.82) is 0 Å². The maximum Gasteiger partial charge on any atom is 0.0556 e. The molecule has 0 unspecified atom stereocenters. The van der Waals surface area contributed by atoms with Gasteiger partial charge in [-0.3, -0.25) is 0 Å². The van der Waals surface area contributed by atoms with Crippen LogP contribution < -0.4 is 10.6 Å². The third-order valence-electron chi connectivity index (χ3n) is 3.90. The van der Waals surface area contributed by atoms with Crippen molar-refractivity contribution in [3.8, 4) is 0 Å². The Morgan fingerprint density at radius 3 is 2.44 bits per heavy atom. The molecule has 0 saturated carbocycles. The molecule has 4 nitrogen and oxygen atoms in total. The number of aliphatic hydroxyl groups excluding tert-OH is 1. The van der Waals surface area contributed by atoms with Crippen molar-refractivity contribution in [2.45, 2.75) is 37.8 Å². The van der Waals surface area contributed by atoms with Crippen molar-refractivity contribution in [2.75, 3.05) is 39.3 Å². The molecule has 4 heteroatoms. The van der Waals surface area contributed by atoms with E-state index in [2.05, 4.69) is 15.5 Å². The smallest absolute Gasteiger partial charge is 0.0556 e. The number of likely N-dealkylation sites (tertiary alicyclic amines) is 1. The number of hydrogen-bond donors (Lipinski definition) is 3. The molecule has 0 bridgehead atoms. The van der Waals surface area contributed by atoms with Gasteiger partial charge in [-0.15, -0.1) is 0 Å². The topological polar surface area (TPSA) is 47.5 Å². The number of rotatable bonds is 4. The Balaban J connectivity index is 1.67. The van der Waals surface area contributed by atoms with Crippen molar-refractivity contribution >= 4 is 0 Å². The average Bonchev–Trinajstić information content (AvgIpc) is 2.38. The van der Waals surface area contributed by atoms with E-state index in [4.69, 9.17) is 5.11 Å². The molecule has 0 spiro atoms. The van der Waals surface area contributed by atoms with Crippen LogP contribution in [-0.2, 0) is 0 Å². The monoisotopic (exact) mass is 227 g/mol. The van der Waals surface area contributed by atoms with E-state index in [1.165, 1.54) is 51.9 Å². The molecule has 2 fully saturated rings. The summed E-state index contributed by atoms with van der Waals surface area (Å²) in [7, 11) is 0. The summed E-state index contributed by atoms with van der Waals surface area (Å²) in [5, 5.41) is 15.6. The lowest BCUT2D eigenvalue weighted by atomic mass is 9.98. The van der Waals surface area contributed by atoms with Crippen LogP contribution in [0.5, 0.6) is 0 Å². The minimum Gasteiger partial charge on any atom is -0.395 e. The molecule has 2 heterocycles. The highest BCUT2D eigenvalue weighted by atomic mass is 16.3. The van der Waals surface area contributed by atoms with Gasteiger partial charge in [0.15, 0.2) is 0 Å².